The van der Waals surface area contributed by atoms with Crippen LogP contribution in [0.5, 0.6) is 0 Å². The predicted octanol–water partition coefficient (Wildman–Crippen LogP) is 3.82. The van der Waals surface area contributed by atoms with Gasteiger partial charge in [0.05, 0.1) is 5.92 Å². The fraction of sp³-hybridized carbons (Fsp3) is 0.500. The Morgan fingerprint density at radius 1 is 1.33 bits per heavy atom. The number of benzene rings is 1. The molecule has 0 bridgehead atoms. The lowest BCUT2D eigenvalue weighted by atomic mass is 9.96. The lowest BCUT2D eigenvalue weighted by Gasteiger charge is -2.13. The molecule has 0 amide bonds. The smallest absolute Gasteiger partial charge is 0.311 e. The molecule has 1 aromatic rings. The van der Waals surface area contributed by atoms with Gasteiger partial charge in [-0.15, -0.1) is 0 Å². The van der Waals surface area contributed by atoms with Crippen LogP contribution in [0.25, 0.3) is 0 Å². The van der Waals surface area contributed by atoms with Gasteiger partial charge in [0, 0.05) is 17.7 Å². The van der Waals surface area contributed by atoms with Gasteiger partial charge in [-0.25, -0.2) is 0 Å². The molecule has 18 heavy (non-hydrogen) atoms. The summed E-state index contributed by atoms with van der Waals surface area (Å²) in [6.07, 6.45) is 2.63. The van der Waals surface area contributed by atoms with Crippen molar-refractivity contribution in [1.29, 1.82) is 0 Å². The minimum absolute atomic E-state index is 0.486. The molecule has 3 nitrogen and oxygen atoms in total. The first-order valence-corrected chi connectivity index (χ1v) is 7.00. The van der Waals surface area contributed by atoms with Gasteiger partial charge in [0.15, 0.2) is 0 Å². The molecule has 0 aliphatic carbocycles. The van der Waals surface area contributed by atoms with Crippen LogP contribution in [-0.4, -0.2) is 24.3 Å². The molecule has 0 aliphatic rings. The molecular formula is C14H19BrO3. The van der Waals surface area contributed by atoms with Crippen molar-refractivity contribution in [3.8, 4) is 0 Å². The molecule has 0 saturated heterocycles. The molecule has 1 unspecified atom stereocenters. The van der Waals surface area contributed by atoms with Gasteiger partial charge >= 0.3 is 5.97 Å². The normalized spacial score (nSPS) is 12.3. The van der Waals surface area contributed by atoms with Crippen LogP contribution < -0.4 is 0 Å². The first kappa shape index (κ1) is 15.2. The summed E-state index contributed by atoms with van der Waals surface area (Å²) in [5.74, 6) is -1.28. The summed E-state index contributed by atoms with van der Waals surface area (Å²) in [6.45, 7) is 3.31. The van der Waals surface area contributed by atoms with Gasteiger partial charge in [-0.2, -0.15) is 0 Å². The summed E-state index contributed by atoms with van der Waals surface area (Å²) in [5.41, 5.74) is 0.824. The van der Waals surface area contributed by atoms with Crippen molar-refractivity contribution in [2.75, 3.05) is 13.2 Å². The molecule has 0 heterocycles. The van der Waals surface area contributed by atoms with E-state index >= 15 is 0 Å². The summed E-state index contributed by atoms with van der Waals surface area (Å²) >= 11 is 3.34. The van der Waals surface area contributed by atoms with Crippen LogP contribution in [0.4, 0.5) is 0 Å². The van der Waals surface area contributed by atoms with Crippen LogP contribution >= 0.6 is 15.9 Å². The number of carboxylic acids is 1. The van der Waals surface area contributed by atoms with Crippen LogP contribution in [0.1, 0.15) is 37.7 Å². The summed E-state index contributed by atoms with van der Waals surface area (Å²) in [5, 5.41) is 9.23. The molecule has 0 fully saturated rings. The highest BCUT2D eigenvalue weighted by Crippen LogP contribution is 2.22. The third-order valence-corrected chi connectivity index (χ3v) is 3.29. The SMILES string of the molecule is CCCCOCCC(C(=O)O)c1ccc(Br)cc1. The minimum Gasteiger partial charge on any atom is -0.481 e. The van der Waals surface area contributed by atoms with E-state index in [0.29, 0.717) is 19.6 Å². The molecule has 1 atom stereocenters. The quantitative estimate of drug-likeness (QED) is 0.742. The van der Waals surface area contributed by atoms with Crippen molar-refractivity contribution in [2.24, 2.45) is 0 Å². The second-order valence-electron chi connectivity index (χ2n) is 4.20. The number of ether oxygens (including phenoxy) is 1. The van der Waals surface area contributed by atoms with Crippen LogP contribution in [-0.2, 0) is 9.53 Å². The lowest BCUT2D eigenvalue weighted by Crippen LogP contribution is -2.14. The Balaban J connectivity index is 2.50. The van der Waals surface area contributed by atoms with Gasteiger partial charge in [-0.05, 0) is 30.5 Å². The highest BCUT2D eigenvalue weighted by molar-refractivity contribution is 9.10. The van der Waals surface area contributed by atoms with Crippen LogP contribution in [0, 0.1) is 0 Å². The summed E-state index contributed by atoms with van der Waals surface area (Å²) in [7, 11) is 0. The number of carbonyl (C=O) groups is 1. The van der Waals surface area contributed by atoms with Crippen LogP contribution in [0.2, 0.25) is 0 Å². The van der Waals surface area contributed by atoms with E-state index in [2.05, 4.69) is 22.9 Å². The number of halogens is 1. The molecule has 1 rings (SSSR count). The maximum atomic E-state index is 11.2. The maximum absolute atomic E-state index is 11.2. The van der Waals surface area contributed by atoms with Gasteiger partial charge in [0.2, 0.25) is 0 Å². The number of rotatable bonds is 8. The van der Waals surface area contributed by atoms with E-state index < -0.39 is 11.9 Å². The summed E-state index contributed by atoms with van der Waals surface area (Å²) in [4.78, 5) is 11.2. The molecule has 0 spiro atoms. The number of aliphatic carboxylic acids is 1. The van der Waals surface area contributed by atoms with Gasteiger partial charge in [0.1, 0.15) is 0 Å². The Labute approximate surface area is 116 Å². The summed E-state index contributed by atoms with van der Waals surface area (Å²) in [6, 6.07) is 7.41. The standard InChI is InChI=1S/C14H19BrO3/c1-2-3-9-18-10-8-13(14(16)17)11-4-6-12(15)7-5-11/h4-7,13H,2-3,8-10H2,1H3,(H,16,17). The second-order valence-corrected chi connectivity index (χ2v) is 5.11. The van der Waals surface area contributed by atoms with E-state index in [1.165, 1.54) is 0 Å². The summed E-state index contributed by atoms with van der Waals surface area (Å²) < 4.78 is 6.38. The van der Waals surface area contributed by atoms with Crippen molar-refractivity contribution in [3.05, 3.63) is 34.3 Å². The van der Waals surface area contributed by atoms with E-state index in [0.717, 1.165) is 22.9 Å². The van der Waals surface area contributed by atoms with E-state index in [4.69, 9.17) is 4.74 Å². The molecule has 1 aromatic carbocycles. The minimum atomic E-state index is -0.795. The van der Waals surface area contributed by atoms with E-state index in [1.54, 1.807) is 0 Å². The third kappa shape index (κ3) is 5.19. The number of carboxylic acid groups (broad SMARTS) is 1. The van der Waals surface area contributed by atoms with Gasteiger partial charge in [-0.3, -0.25) is 4.79 Å². The third-order valence-electron chi connectivity index (χ3n) is 2.76. The Morgan fingerprint density at radius 2 is 2.00 bits per heavy atom. The monoisotopic (exact) mass is 314 g/mol. The van der Waals surface area contributed by atoms with E-state index in [1.807, 2.05) is 24.3 Å². The fourth-order valence-electron chi connectivity index (χ4n) is 1.68. The van der Waals surface area contributed by atoms with Crippen molar-refractivity contribution in [3.63, 3.8) is 0 Å². The highest BCUT2D eigenvalue weighted by Gasteiger charge is 2.19. The first-order chi connectivity index (χ1) is 8.65. The molecule has 0 aliphatic heterocycles. The Bertz CT molecular complexity index is 362. The van der Waals surface area contributed by atoms with E-state index in [-0.39, 0.29) is 0 Å². The lowest BCUT2D eigenvalue weighted by molar-refractivity contribution is -0.139. The number of hydrogen-bond acceptors (Lipinski definition) is 2. The zero-order valence-corrected chi connectivity index (χ0v) is 12.1. The van der Waals surface area contributed by atoms with Crippen molar-refractivity contribution in [2.45, 2.75) is 32.1 Å². The predicted molar refractivity (Wildman–Crippen MR) is 74.9 cm³/mol. The Kier molecular flexibility index (Phi) is 6.98. The zero-order chi connectivity index (χ0) is 13.4. The molecule has 100 valence electrons. The largest absolute Gasteiger partial charge is 0.481 e. The second kappa shape index (κ2) is 8.27. The van der Waals surface area contributed by atoms with Gasteiger partial charge in [0.25, 0.3) is 0 Å². The van der Waals surface area contributed by atoms with Crippen molar-refractivity contribution < 1.29 is 14.6 Å². The highest BCUT2D eigenvalue weighted by atomic mass is 79.9. The number of hydrogen-bond donors (Lipinski definition) is 1. The van der Waals surface area contributed by atoms with Crippen LogP contribution in [0.15, 0.2) is 28.7 Å². The van der Waals surface area contributed by atoms with Crippen molar-refractivity contribution in [1.82, 2.24) is 0 Å². The van der Waals surface area contributed by atoms with Crippen molar-refractivity contribution >= 4 is 21.9 Å². The Morgan fingerprint density at radius 3 is 2.56 bits per heavy atom. The maximum Gasteiger partial charge on any atom is 0.311 e. The van der Waals surface area contributed by atoms with Gasteiger partial charge in [-0.1, -0.05) is 41.4 Å². The molecular weight excluding hydrogens is 296 g/mol. The molecule has 0 saturated carbocycles. The fourth-order valence-corrected chi connectivity index (χ4v) is 1.94. The first-order valence-electron chi connectivity index (χ1n) is 6.21. The zero-order valence-electron chi connectivity index (χ0n) is 10.6. The molecule has 0 aromatic heterocycles. The molecule has 0 radical (unpaired) electrons. The number of unbranched alkanes of at least 4 members (excludes halogenated alkanes) is 1. The van der Waals surface area contributed by atoms with Crippen LogP contribution in [0.3, 0.4) is 0 Å². The molecule has 1 N–H and O–H groups in total. The molecule has 4 heteroatoms. The average Bonchev–Trinajstić information content (AvgIpc) is 2.35. The Hall–Kier alpha value is -0.870. The van der Waals surface area contributed by atoms with Gasteiger partial charge < -0.3 is 9.84 Å². The average molecular weight is 315 g/mol. The topological polar surface area (TPSA) is 46.5 Å². The van der Waals surface area contributed by atoms with E-state index in [9.17, 15) is 9.90 Å².